The van der Waals surface area contributed by atoms with Crippen LogP contribution in [-0.4, -0.2) is 13.2 Å². The molecule has 0 aliphatic rings. The zero-order chi connectivity index (χ0) is 18.5. The fraction of sp³-hybridized carbons (Fsp3) is 0.250. The Labute approximate surface area is 155 Å². The average Bonchev–Trinajstić information content (AvgIpc) is 2.63. The molecule has 3 aromatic rings. The van der Waals surface area contributed by atoms with E-state index in [0.29, 0.717) is 13.2 Å². The van der Waals surface area contributed by atoms with Gasteiger partial charge in [-0.1, -0.05) is 47.5 Å². The zero-order valence-corrected chi connectivity index (χ0v) is 15.7. The molecular weight excluding hydrogens is 320 g/mol. The monoisotopic (exact) mass is 346 g/mol. The molecule has 0 aliphatic carbocycles. The molecule has 3 rings (SSSR count). The molecule has 2 nitrogen and oxygen atoms in total. The van der Waals surface area contributed by atoms with Crippen molar-refractivity contribution in [2.24, 2.45) is 0 Å². The van der Waals surface area contributed by atoms with Crippen molar-refractivity contribution >= 4 is 21.5 Å². The highest BCUT2D eigenvalue weighted by Gasteiger charge is 2.16. The Hall–Kier alpha value is -2.74. The Bertz CT molecular complexity index is 874. The number of fused-ring (bicyclic) bond motifs is 2. The van der Waals surface area contributed by atoms with Gasteiger partial charge in [0.2, 0.25) is 0 Å². The molecule has 0 heterocycles. The lowest BCUT2D eigenvalue weighted by atomic mass is 9.98. The topological polar surface area (TPSA) is 18.5 Å². The van der Waals surface area contributed by atoms with Gasteiger partial charge in [0.15, 0.2) is 0 Å². The first-order valence-electron chi connectivity index (χ1n) is 9.09. The Balaban J connectivity index is 2.28. The molecule has 0 saturated carbocycles. The van der Waals surface area contributed by atoms with E-state index in [-0.39, 0.29) is 0 Å². The molecule has 0 N–H and O–H groups in total. The highest BCUT2D eigenvalue weighted by atomic mass is 16.5. The lowest BCUT2D eigenvalue weighted by Gasteiger charge is -2.18. The van der Waals surface area contributed by atoms with Gasteiger partial charge in [-0.05, 0) is 38.8 Å². The first-order valence-corrected chi connectivity index (χ1v) is 9.09. The molecular formula is C24H26O2. The molecule has 3 aromatic carbocycles. The molecule has 26 heavy (non-hydrogen) atoms. The Morgan fingerprint density at radius 1 is 0.692 bits per heavy atom. The van der Waals surface area contributed by atoms with Gasteiger partial charge in [-0.15, -0.1) is 13.2 Å². The third-order valence-corrected chi connectivity index (χ3v) is 4.47. The molecule has 0 unspecified atom stereocenters. The first-order chi connectivity index (χ1) is 12.7. The number of benzene rings is 3. The van der Waals surface area contributed by atoms with Crippen LogP contribution in [0.25, 0.3) is 21.5 Å². The first kappa shape index (κ1) is 18.1. The van der Waals surface area contributed by atoms with Gasteiger partial charge in [0.25, 0.3) is 0 Å². The minimum Gasteiger partial charge on any atom is -0.492 e. The lowest BCUT2D eigenvalue weighted by Crippen LogP contribution is -2.01. The van der Waals surface area contributed by atoms with E-state index in [1.54, 1.807) is 0 Å². The summed E-state index contributed by atoms with van der Waals surface area (Å²) in [6, 6.07) is 12.9. The summed E-state index contributed by atoms with van der Waals surface area (Å²) in [4.78, 5) is 0. The summed E-state index contributed by atoms with van der Waals surface area (Å²) >= 11 is 0. The molecule has 134 valence electrons. The molecule has 0 spiro atoms. The summed E-state index contributed by atoms with van der Waals surface area (Å²) in [5.74, 6) is 1.85. The van der Waals surface area contributed by atoms with Crippen LogP contribution in [0.15, 0.2) is 61.7 Å². The van der Waals surface area contributed by atoms with Gasteiger partial charge in [0.1, 0.15) is 11.5 Å². The summed E-state index contributed by atoms with van der Waals surface area (Å²) in [7, 11) is 0. The fourth-order valence-corrected chi connectivity index (χ4v) is 3.18. The van der Waals surface area contributed by atoms with Gasteiger partial charge in [-0.2, -0.15) is 0 Å². The van der Waals surface area contributed by atoms with Crippen LogP contribution in [0.3, 0.4) is 0 Å². The van der Waals surface area contributed by atoms with E-state index in [2.05, 4.69) is 63.4 Å². The molecule has 0 bridgehead atoms. The minimum atomic E-state index is 0.617. The highest BCUT2D eigenvalue weighted by Crippen LogP contribution is 2.43. The molecule has 0 aromatic heterocycles. The van der Waals surface area contributed by atoms with Gasteiger partial charge in [-0.3, -0.25) is 0 Å². The van der Waals surface area contributed by atoms with Crippen LogP contribution in [0.5, 0.6) is 11.5 Å². The van der Waals surface area contributed by atoms with Crippen molar-refractivity contribution in [3.05, 3.63) is 72.8 Å². The summed E-state index contributed by atoms with van der Waals surface area (Å²) in [5, 5.41) is 4.37. The number of hydrogen-bond acceptors (Lipinski definition) is 2. The number of hydrogen-bond donors (Lipinski definition) is 0. The van der Waals surface area contributed by atoms with Crippen LogP contribution in [0, 0.1) is 13.8 Å². The SMILES string of the molecule is C=CCCOc1c2ccc(C)cc2c(OCCC=C)c2ccc(C)cc12. The maximum atomic E-state index is 6.21. The zero-order valence-electron chi connectivity index (χ0n) is 15.7. The fourth-order valence-electron chi connectivity index (χ4n) is 3.18. The van der Waals surface area contributed by atoms with Crippen LogP contribution in [0.1, 0.15) is 24.0 Å². The summed E-state index contributed by atoms with van der Waals surface area (Å²) < 4.78 is 12.4. The summed E-state index contributed by atoms with van der Waals surface area (Å²) in [5.41, 5.74) is 2.41. The molecule has 0 fully saturated rings. The second-order valence-corrected chi connectivity index (χ2v) is 6.61. The highest BCUT2D eigenvalue weighted by molar-refractivity contribution is 6.11. The second-order valence-electron chi connectivity index (χ2n) is 6.61. The molecule has 0 atom stereocenters. The molecule has 0 aliphatic heterocycles. The predicted octanol–water partition coefficient (Wildman–Crippen LogP) is 6.52. The van der Waals surface area contributed by atoms with Gasteiger partial charge < -0.3 is 9.47 Å². The van der Waals surface area contributed by atoms with Crippen LogP contribution in [0.4, 0.5) is 0 Å². The third-order valence-electron chi connectivity index (χ3n) is 4.47. The largest absolute Gasteiger partial charge is 0.492 e. The van der Waals surface area contributed by atoms with Crippen molar-refractivity contribution in [2.75, 3.05) is 13.2 Å². The Morgan fingerprint density at radius 2 is 1.12 bits per heavy atom. The number of aryl methyl sites for hydroxylation is 2. The van der Waals surface area contributed by atoms with Gasteiger partial charge >= 0.3 is 0 Å². The number of ether oxygens (including phenoxy) is 2. The van der Waals surface area contributed by atoms with E-state index >= 15 is 0 Å². The molecule has 0 radical (unpaired) electrons. The van der Waals surface area contributed by atoms with Crippen LogP contribution >= 0.6 is 0 Å². The molecule has 2 heteroatoms. The van der Waals surface area contributed by atoms with Gasteiger partial charge in [0, 0.05) is 21.5 Å². The van der Waals surface area contributed by atoms with Gasteiger partial charge in [0.05, 0.1) is 13.2 Å². The standard InChI is InChI=1S/C24H26O2/c1-5-7-13-25-23-19-11-9-18(4)16-22(19)24(26-14-8-6-2)20-12-10-17(3)15-21(20)23/h5-6,9-12,15-16H,1-2,7-8,13-14H2,3-4H3. The minimum absolute atomic E-state index is 0.617. The smallest absolute Gasteiger partial charge is 0.135 e. The van der Waals surface area contributed by atoms with E-state index in [1.165, 1.54) is 11.1 Å². The summed E-state index contributed by atoms with van der Waals surface area (Å²) in [6.45, 7) is 13.0. The second kappa shape index (κ2) is 8.09. The Kier molecular flexibility index (Phi) is 5.62. The number of rotatable bonds is 8. The molecule has 0 amide bonds. The van der Waals surface area contributed by atoms with E-state index < -0.39 is 0 Å². The lowest BCUT2D eigenvalue weighted by molar-refractivity contribution is 0.327. The third kappa shape index (κ3) is 3.60. The van der Waals surface area contributed by atoms with E-state index in [0.717, 1.165) is 45.9 Å². The maximum Gasteiger partial charge on any atom is 0.135 e. The van der Waals surface area contributed by atoms with Crippen molar-refractivity contribution in [1.29, 1.82) is 0 Å². The molecule has 0 saturated heterocycles. The van der Waals surface area contributed by atoms with Crippen molar-refractivity contribution in [2.45, 2.75) is 26.7 Å². The van der Waals surface area contributed by atoms with Crippen LogP contribution < -0.4 is 9.47 Å². The van der Waals surface area contributed by atoms with Crippen molar-refractivity contribution in [1.82, 2.24) is 0 Å². The predicted molar refractivity (Wildman–Crippen MR) is 112 cm³/mol. The summed E-state index contributed by atoms with van der Waals surface area (Å²) in [6.07, 6.45) is 5.40. The maximum absolute atomic E-state index is 6.21. The average molecular weight is 346 g/mol. The van der Waals surface area contributed by atoms with Crippen LogP contribution in [0.2, 0.25) is 0 Å². The van der Waals surface area contributed by atoms with E-state index in [1.807, 2.05) is 12.2 Å². The van der Waals surface area contributed by atoms with Crippen molar-refractivity contribution in [3.63, 3.8) is 0 Å². The van der Waals surface area contributed by atoms with E-state index in [4.69, 9.17) is 9.47 Å². The normalized spacial score (nSPS) is 10.8. The van der Waals surface area contributed by atoms with Crippen molar-refractivity contribution in [3.8, 4) is 11.5 Å². The quantitative estimate of drug-likeness (QED) is 0.263. The van der Waals surface area contributed by atoms with Crippen molar-refractivity contribution < 1.29 is 9.47 Å². The van der Waals surface area contributed by atoms with Gasteiger partial charge in [-0.25, -0.2) is 0 Å². The Morgan fingerprint density at radius 3 is 1.50 bits per heavy atom. The van der Waals surface area contributed by atoms with E-state index in [9.17, 15) is 0 Å². The van der Waals surface area contributed by atoms with Crippen LogP contribution in [-0.2, 0) is 0 Å².